The zero-order valence-corrected chi connectivity index (χ0v) is 10.3. The molecule has 96 valence electrons. The second kappa shape index (κ2) is 18.9. The van der Waals surface area contributed by atoms with Crippen molar-refractivity contribution in [1.82, 2.24) is 4.90 Å². The number of thiocarbonyl (C=S) groups is 2. The molecule has 0 aliphatic heterocycles. The van der Waals surface area contributed by atoms with Gasteiger partial charge in [-0.25, -0.2) is 0 Å². The average molecular weight is 264 g/mol. The Morgan fingerprint density at radius 2 is 1.27 bits per heavy atom. The highest BCUT2D eigenvalue weighted by molar-refractivity contribution is 7.80. The minimum absolute atomic E-state index is 0. The number of aliphatic hydroxyl groups is 2. The summed E-state index contributed by atoms with van der Waals surface area (Å²) in [5.41, 5.74) is 4.40. The number of nitrogens with zero attached hydrogens (tertiary/aromatic N) is 1. The van der Waals surface area contributed by atoms with Crippen LogP contribution in [0.2, 0.25) is 0 Å². The van der Waals surface area contributed by atoms with Crippen LogP contribution in [0, 0.1) is 0 Å². The molecule has 0 saturated carbocycles. The Hall–Kier alpha value is -0.740. The van der Waals surface area contributed by atoms with Gasteiger partial charge in [0.1, 0.15) is 0 Å². The Morgan fingerprint density at radius 3 is 1.27 bits per heavy atom. The fraction of sp³-hybridized carbons (Fsp3) is 0.667. The highest BCUT2D eigenvalue weighted by atomic mass is 32.1. The van der Waals surface area contributed by atoms with Crippen LogP contribution >= 0.6 is 24.4 Å². The molecule has 0 amide bonds. The molecule has 0 heterocycles. The summed E-state index contributed by atoms with van der Waals surface area (Å²) >= 11 is 8.37. The lowest BCUT2D eigenvalue weighted by Crippen LogP contribution is -2.28. The van der Waals surface area contributed by atoms with Gasteiger partial charge in [-0.15, -0.1) is 0 Å². The second-order valence-corrected chi connectivity index (χ2v) is 2.58. The largest absolute Gasteiger partial charge is 0.487 e. The molecule has 0 aromatic rings. The molecule has 0 atom stereocenters. The fourth-order valence-corrected chi connectivity index (χ4v) is 0.752. The first kappa shape index (κ1) is 29.2. The first-order valence-corrected chi connectivity index (χ1v) is 4.23. The van der Waals surface area contributed by atoms with Gasteiger partial charge in [0.05, 0.1) is 0 Å². The first-order chi connectivity index (χ1) is 5.45. The molecule has 0 bridgehead atoms. The van der Waals surface area contributed by atoms with E-state index in [1.54, 1.807) is 4.90 Å². The van der Waals surface area contributed by atoms with Crippen LogP contribution in [0.4, 0.5) is 0 Å². The van der Waals surface area contributed by atoms with Crippen molar-refractivity contribution in [3.8, 4) is 0 Å². The molecule has 0 rings (SSSR count). The minimum Gasteiger partial charge on any atom is -0.487 e. The molecule has 9 heteroatoms. The maximum absolute atomic E-state index is 8.67. The second-order valence-electron chi connectivity index (χ2n) is 1.79. The zero-order valence-electron chi connectivity index (χ0n) is 8.65. The van der Waals surface area contributed by atoms with Crippen molar-refractivity contribution in [3.05, 3.63) is 0 Å². The maximum atomic E-state index is 8.67. The van der Waals surface area contributed by atoms with Crippen LogP contribution in [0.25, 0.3) is 0 Å². The Kier molecular flexibility index (Phi) is 36.9. The summed E-state index contributed by atoms with van der Waals surface area (Å²) in [4.78, 5) is 1.70. The fourth-order valence-electron chi connectivity index (χ4n) is 0.494. The van der Waals surface area contributed by atoms with E-state index in [1.807, 2.05) is 13.8 Å². The third-order valence-corrected chi connectivity index (χ3v) is 1.29. The van der Waals surface area contributed by atoms with Crippen LogP contribution in [-0.2, 0) is 0 Å². The third-order valence-electron chi connectivity index (χ3n) is 1.03. The van der Waals surface area contributed by atoms with E-state index in [2.05, 4.69) is 30.2 Å². The molecule has 0 unspecified atom stereocenters. The Bertz CT molecular complexity index is 150. The lowest BCUT2D eigenvalue weighted by Gasteiger charge is -2.15. The molecule has 0 aromatic heterocycles. The lowest BCUT2D eigenvalue weighted by atomic mass is 10.6. The van der Waals surface area contributed by atoms with Crippen molar-refractivity contribution >= 4 is 34.8 Å². The van der Waals surface area contributed by atoms with Gasteiger partial charge in [-0.05, 0) is 38.3 Å². The van der Waals surface area contributed by atoms with E-state index in [9.17, 15) is 0 Å². The summed E-state index contributed by atoms with van der Waals surface area (Å²) in [5, 5.41) is 15.7. The van der Waals surface area contributed by atoms with E-state index < -0.39 is 5.17 Å². The van der Waals surface area contributed by atoms with Crippen LogP contribution in [0.3, 0.4) is 0 Å². The number of hydrogen-bond acceptors (Lipinski definition) is 2. The third kappa shape index (κ3) is 31.9. The summed E-state index contributed by atoms with van der Waals surface area (Å²) in [6.45, 7) is 5.47. The molecule has 15 heavy (non-hydrogen) atoms. The van der Waals surface area contributed by atoms with Crippen LogP contribution < -0.4 is 5.73 Å². The highest BCUT2D eigenvalue weighted by Gasteiger charge is 1.98. The van der Waals surface area contributed by atoms with Gasteiger partial charge in [-0.2, -0.15) is 0 Å². The Morgan fingerprint density at radius 1 is 1.07 bits per heavy atom. The minimum atomic E-state index is -0.500. The van der Waals surface area contributed by atoms with E-state index in [0.717, 1.165) is 13.1 Å². The van der Waals surface area contributed by atoms with E-state index >= 15 is 0 Å². The van der Waals surface area contributed by atoms with Gasteiger partial charge in [0.25, 0.3) is 10.3 Å². The van der Waals surface area contributed by atoms with Crippen LogP contribution in [-0.4, -0.2) is 55.0 Å². The van der Waals surface area contributed by atoms with Crippen LogP contribution in [0.5, 0.6) is 0 Å². The molecule has 0 radical (unpaired) electrons. The topological polar surface area (TPSA) is 164 Å². The first-order valence-electron chi connectivity index (χ1n) is 3.41. The molecule has 7 nitrogen and oxygen atoms in total. The van der Waals surface area contributed by atoms with Gasteiger partial charge in [0.15, 0.2) is 0 Å². The van der Waals surface area contributed by atoms with Crippen molar-refractivity contribution in [2.45, 2.75) is 13.8 Å². The van der Waals surface area contributed by atoms with Crippen molar-refractivity contribution in [3.63, 3.8) is 0 Å². The molecule has 0 spiro atoms. The van der Waals surface area contributed by atoms with Crippen molar-refractivity contribution < 1.29 is 26.6 Å². The van der Waals surface area contributed by atoms with Crippen LogP contribution in [0.15, 0.2) is 0 Å². The van der Waals surface area contributed by atoms with Gasteiger partial charge >= 0.3 is 0 Å². The summed E-state index contributed by atoms with van der Waals surface area (Å²) in [6, 6.07) is 0. The standard InChI is InChI=1S/C5H11NOS.CH3NOS.3H2O/c1-3-6(4-2)5(7)8;2-1(3)4;;;/h3-4H2,1-2H3,(H,7,8);(H3,2,3,4);3*1H2. The predicted octanol–water partition coefficient (Wildman–Crippen LogP) is -1.51. The zero-order chi connectivity index (χ0) is 10.1. The van der Waals surface area contributed by atoms with E-state index in [1.165, 1.54) is 0 Å². The Labute approximate surface area is 99.4 Å². The van der Waals surface area contributed by atoms with E-state index in [4.69, 9.17) is 10.2 Å². The highest BCUT2D eigenvalue weighted by Crippen LogP contribution is 1.85. The Balaban J connectivity index is -0.0000000424. The maximum Gasteiger partial charge on any atom is 0.256 e. The van der Waals surface area contributed by atoms with Gasteiger partial charge < -0.3 is 37.3 Å². The summed E-state index contributed by atoms with van der Waals surface area (Å²) in [5.74, 6) is 0. The smallest absolute Gasteiger partial charge is 0.256 e. The molecular formula is C6H20N2O5S2. The van der Waals surface area contributed by atoms with Crippen molar-refractivity contribution in [2.75, 3.05) is 13.1 Å². The van der Waals surface area contributed by atoms with E-state index in [-0.39, 0.29) is 21.6 Å². The molecule has 0 saturated heterocycles. The molecule has 0 aliphatic rings. The van der Waals surface area contributed by atoms with Gasteiger partial charge in [-0.3, -0.25) is 0 Å². The summed E-state index contributed by atoms with van der Waals surface area (Å²) < 4.78 is 0. The van der Waals surface area contributed by atoms with Gasteiger partial charge in [-0.1, -0.05) is 0 Å². The quantitative estimate of drug-likeness (QED) is 0.512. The molecule has 0 aromatic carbocycles. The molecule has 0 fully saturated rings. The van der Waals surface area contributed by atoms with Crippen molar-refractivity contribution in [2.24, 2.45) is 5.73 Å². The van der Waals surface area contributed by atoms with Crippen molar-refractivity contribution in [1.29, 1.82) is 0 Å². The normalized spacial score (nSPS) is 6.27. The molecule has 10 N–H and O–H groups in total. The average Bonchev–Trinajstić information content (AvgIpc) is 1.87. The summed E-state index contributed by atoms with van der Waals surface area (Å²) in [7, 11) is 0. The summed E-state index contributed by atoms with van der Waals surface area (Å²) in [6.07, 6.45) is 0. The molecule has 0 aliphatic carbocycles. The van der Waals surface area contributed by atoms with Gasteiger partial charge in [0, 0.05) is 13.1 Å². The van der Waals surface area contributed by atoms with E-state index in [0.29, 0.717) is 0 Å². The van der Waals surface area contributed by atoms with Gasteiger partial charge in [0.2, 0.25) is 0 Å². The number of aliphatic hydroxyl groups excluding tert-OH is 2. The number of nitrogens with two attached hydrogens (primary N) is 1. The van der Waals surface area contributed by atoms with Crippen LogP contribution in [0.1, 0.15) is 13.8 Å². The monoisotopic (exact) mass is 264 g/mol. The molecular weight excluding hydrogens is 244 g/mol. The number of hydrogen-bond donors (Lipinski definition) is 3. The number of rotatable bonds is 2. The lowest BCUT2D eigenvalue weighted by molar-refractivity contribution is 0.371. The predicted molar refractivity (Wildman–Crippen MR) is 68.4 cm³/mol. The SMILES string of the molecule is CCN(CC)C(O)=S.NC(O)=S.O.O.O.